The van der Waals surface area contributed by atoms with Crippen molar-refractivity contribution >= 4 is 17.7 Å². The van der Waals surface area contributed by atoms with Crippen molar-refractivity contribution in [1.82, 2.24) is 9.80 Å². The summed E-state index contributed by atoms with van der Waals surface area (Å²) in [7, 11) is 0. The van der Waals surface area contributed by atoms with Crippen molar-refractivity contribution < 1.29 is 18.0 Å². The van der Waals surface area contributed by atoms with Crippen LogP contribution in [0.5, 0.6) is 0 Å². The van der Waals surface area contributed by atoms with Crippen LogP contribution in [-0.2, 0) is 11.0 Å². The van der Waals surface area contributed by atoms with Gasteiger partial charge in [0, 0.05) is 38.4 Å². The molecule has 1 fully saturated rings. The number of amides is 1. The van der Waals surface area contributed by atoms with E-state index < -0.39 is 17.8 Å². The van der Waals surface area contributed by atoms with Crippen molar-refractivity contribution in [3.05, 3.63) is 108 Å². The monoisotopic (exact) mass is 479 g/mol. The summed E-state index contributed by atoms with van der Waals surface area (Å²) in [4.78, 5) is 17.7. The van der Waals surface area contributed by atoms with Crippen LogP contribution in [-0.4, -0.2) is 48.4 Å². The molecule has 0 radical (unpaired) electrons. The maximum Gasteiger partial charge on any atom is 0.416 e. The number of carbonyl (C=O) groups excluding carboxylic acids is 1. The Morgan fingerprint density at radius 3 is 2.20 bits per heavy atom. The van der Waals surface area contributed by atoms with Gasteiger partial charge in [0.2, 0.25) is 5.91 Å². The molecule has 4 nitrogen and oxygen atoms in total. The standard InChI is InChI=1S/C28H28F3N3O/c29-28(30,31)24-14-7-15-25(21-24)32-27(35)26(23-12-5-2-6-13-23)34-19-17-33(18-20-34)16-8-11-22-9-3-1-4-10-22/h1-15,21,26H,16-20H2,(H,32,35)/b11-8+/t26-/m1/s1. The normalized spacial score (nSPS) is 16.3. The molecule has 0 unspecified atom stereocenters. The Morgan fingerprint density at radius 1 is 0.886 bits per heavy atom. The van der Waals surface area contributed by atoms with E-state index in [1.807, 2.05) is 48.5 Å². The number of hydrogen-bond acceptors (Lipinski definition) is 3. The van der Waals surface area contributed by atoms with Gasteiger partial charge < -0.3 is 5.32 Å². The predicted molar refractivity (Wildman–Crippen MR) is 133 cm³/mol. The summed E-state index contributed by atoms with van der Waals surface area (Å²) in [5.74, 6) is -0.340. The van der Waals surface area contributed by atoms with Crippen LogP contribution < -0.4 is 5.32 Å². The van der Waals surface area contributed by atoms with E-state index in [0.717, 1.165) is 42.9 Å². The van der Waals surface area contributed by atoms with Crippen LogP contribution in [0, 0.1) is 0 Å². The lowest BCUT2D eigenvalue weighted by atomic mass is 10.0. The molecule has 1 saturated heterocycles. The lowest BCUT2D eigenvalue weighted by Gasteiger charge is -2.38. The number of nitrogens with zero attached hydrogens (tertiary/aromatic N) is 2. The van der Waals surface area contributed by atoms with Crippen molar-refractivity contribution in [2.45, 2.75) is 12.2 Å². The highest BCUT2D eigenvalue weighted by molar-refractivity contribution is 5.95. The fourth-order valence-corrected chi connectivity index (χ4v) is 4.25. The van der Waals surface area contributed by atoms with Crippen molar-refractivity contribution in [2.75, 3.05) is 38.0 Å². The fraction of sp³-hybridized carbons (Fsp3) is 0.250. The molecular formula is C28H28F3N3O. The molecule has 1 aliphatic heterocycles. The molecule has 0 aromatic heterocycles. The van der Waals surface area contributed by atoms with Crippen LogP contribution in [0.4, 0.5) is 18.9 Å². The zero-order valence-electron chi connectivity index (χ0n) is 19.3. The molecule has 0 aliphatic carbocycles. The Bertz CT molecular complexity index is 1120. The van der Waals surface area contributed by atoms with Crippen molar-refractivity contribution in [2.24, 2.45) is 0 Å². The topological polar surface area (TPSA) is 35.6 Å². The maximum absolute atomic E-state index is 13.3. The first kappa shape index (κ1) is 24.7. The summed E-state index contributed by atoms with van der Waals surface area (Å²) in [6.07, 6.45) is -0.230. The first-order chi connectivity index (χ1) is 16.9. The highest BCUT2D eigenvalue weighted by Gasteiger charge is 2.32. The van der Waals surface area contributed by atoms with Crippen LogP contribution in [0.25, 0.3) is 6.08 Å². The van der Waals surface area contributed by atoms with Gasteiger partial charge in [0.15, 0.2) is 0 Å². The molecule has 1 amide bonds. The van der Waals surface area contributed by atoms with Crippen LogP contribution in [0.2, 0.25) is 0 Å². The quantitative estimate of drug-likeness (QED) is 0.471. The highest BCUT2D eigenvalue weighted by atomic mass is 19.4. The summed E-state index contributed by atoms with van der Waals surface area (Å²) in [6, 6.07) is 23.6. The molecule has 1 N–H and O–H groups in total. The van der Waals surface area contributed by atoms with Crippen molar-refractivity contribution in [1.29, 1.82) is 0 Å². The minimum atomic E-state index is -4.47. The third-order valence-corrected chi connectivity index (χ3v) is 6.07. The Hall–Kier alpha value is -3.42. The first-order valence-electron chi connectivity index (χ1n) is 11.6. The molecular weight excluding hydrogens is 451 g/mol. The van der Waals surface area contributed by atoms with Crippen molar-refractivity contribution in [3.8, 4) is 0 Å². The Balaban J connectivity index is 1.42. The molecule has 3 aromatic carbocycles. The number of anilines is 1. The Labute approximate surface area is 203 Å². The van der Waals surface area contributed by atoms with Gasteiger partial charge in [-0.2, -0.15) is 13.2 Å². The van der Waals surface area contributed by atoms with E-state index >= 15 is 0 Å². The van der Waals surface area contributed by atoms with Gasteiger partial charge in [0.1, 0.15) is 6.04 Å². The van der Waals surface area contributed by atoms with Gasteiger partial charge in [0.25, 0.3) is 0 Å². The fourth-order valence-electron chi connectivity index (χ4n) is 4.25. The van der Waals surface area contributed by atoms with Gasteiger partial charge in [-0.1, -0.05) is 78.9 Å². The number of hydrogen-bond donors (Lipinski definition) is 1. The molecule has 1 atom stereocenters. The van der Waals surface area contributed by atoms with Crippen molar-refractivity contribution in [3.63, 3.8) is 0 Å². The van der Waals surface area contributed by atoms with E-state index in [-0.39, 0.29) is 11.6 Å². The summed E-state index contributed by atoms with van der Waals surface area (Å²) in [5.41, 5.74) is 1.31. The molecule has 0 saturated carbocycles. The lowest BCUT2D eigenvalue weighted by molar-refractivity contribution is -0.137. The van der Waals surface area contributed by atoms with Crippen LogP contribution in [0.15, 0.2) is 91.0 Å². The Kier molecular flexibility index (Phi) is 8.00. The van der Waals surface area contributed by atoms with Crippen LogP contribution >= 0.6 is 0 Å². The van der Waals surface area contributed by atoms with Gasteiger partial charge in [-0.05, 0) is 29.3 Å². The van der Waals surface area contributed by atoms with E-state index in [1.54, 1.807) is 0 Å². The number of alkyl halides is 3. The second kappa shape index (κ2) is 11.3. The smallest absolute Gasteiger partial charge is 0.324 e. The number of nitrogens with one attached hydrogen (secondary N) is 1. The first-order valence-corrected chi connectivity index (χ1v) is 11.6. The molecule has 4 rings (SSSR count). The average molecular weight is 480 g/mol. The van der Waals surface area contributed by atoms with Gasteiger partial charge >= 0.3 is 6.18 Å². The van der Waals surface area contributed by atoms with E-state index in [2.05, 4.69) is 39.4 Å². The number of halogens is 3. The molecule has 182 valence electrons. The molecule has 1 aliphatic rings. The molecule has 7 heteroatoms. The number of carbonyl (C=O) groups is 1. The second-order valence-electron chi connectivity index (χ2n) is 8.53. The maximum atomic E-state index is 13.3. The molecule has 1 heterocycles. The molecule has 35 heavy (non-hydrogen) atoms. The molecule has 3 aromatic rings. The van der Waals surface area contributed by atoms with E-state index in [9.17, 15) is 18.0 Å². The van der Waals surface area contributed by atoms with E-state index in [4.69, 9.17) is 0 Å². The van der Waals surface area contributed by atoms with E-state index in [1.165, 1.54) is 12.1 Å². The summed E-state index contributed by atoms with van der Waals surface area (Å²) in [5, 5.41) is 2.71. The van der Waals surface area contributed by atoms with Gasteiger partial charge in [-0.25, -0.2) is 0 Å². The predicted octanol–water partition coefficient (Wildman–Crippen LogP) is 5.72. The lowest BCUT2D eigenvalue weighted by Crippen LogP contribution is -2.50. The minimum absolute atomic E-state index is 0.135. The minimum Gasteiger partial charge on any atom is -0.324 e. The average Bonchev–Trinajstić information content (AvgIpc) is 2.86. The summed E-state index contributed by atoms with van der Waals surface area (Å²) in [6.45, 7) is 3.75. The summed E-state index contributed by atoms with van der Waals surface area (Å²) < 4.78 is 39.3. The number of benzene rings is 3. The highest BCUT2D eigenvalue weighted by Crippen LogP contribution is 2.31. The zero-order chi connectivity index (χ0) is 24.7. The SMILES string of the molecule is O=C(Nc1cccc(C(F)(F)F)c1)[C@@H](c1ccccc1)N1CCN(C/C=C/c2ccccc2)CC1. The molecule has 0 bridgehead atoms. The largest absolute Gasteiger partial charge is 0.416 e. The number of rotatable bonds is 7. The van der Waals surface area contributed by atoms with Crippen LogP contribution in [0.1, 0.15) is 22.7 Å². The third-order valence-electron chi connectivity index (χ3n) is 6.07. The van der Waals surface area contributed by atoms with Gasteiger partial charge in [-0.3, -0.25) is 14.6 Å². The second-order valence-corrected chi connectivity index (χ2v) is 8.53. The third kappa shape index (κ3) is 6.81. The number of piperazine rings is 1. The van der Waals surface area contributed by atoms with Gasteiger partial charge in [0.05, 0.1) is 5.56 Å². The Morgan fingerprint density at radius 2 is 1.54 bits per heavy atom. The van der Waals surface area contributed by atoms with Crippen LogP contribution in [0.3, 0.4) is 0 Å². The summed E-state index contributed by atoms with van der Waals surface area (Å²) >= 11 is 0. The zero-order valence-corrected chi connectivity index (χ0v) is 19.3. The van der Waals surface area contributed by atoms with Gasteiger partial charge in [-0.15, -0.1) is 0 Å². The van der Waals surface area contributed by atoms with E-state index in [0.29, 0.717) is 13.1 Å². The molecule has 0 spiro atoms.